The number of benzene rings is 3. The van der Waals surface area contributed by atoms with E-state index in [-0.39, 0.29) is 25.4 Å². The van der Waals surface area contributed by atoms with Gasteiger partial charge in [0.1, 0.15) is 23.6 Å². The normalized spacial score (nSPS) is 10.9. The molecule has 146 valence electrons. The maximum absolute atomic E-state index is 13.5. The molecule has 6 heteroatoms. The largest absolute Gasteiger partial charge is 0.461 e. The Morgan fingerprint density at radius 1 is 0.897 bits per heavy atom. The summed E-state index contributed by atoms with van der Waals surface area (Å²) in [6, 6.07) is 19.2. The number of hydrogen-bond donors (Lipinski definition) is 1. The lowest BCUT2D eigenvalue weighted by atomic mass is 10.1. The van der Waals surface area contributed by atoms with Gasteiger partial charge in [0, 0.05) is 34.5 Å². The lowest BCUT2D eigenvalue weighted by molar-refractivity contribution is -0.146. The summed E-state index contributed by atoms with van der Waals surface area (Å²) in [5.74, 6) is -1.31. The predicted octanol–water partition coefficient (Wildman–Crippen LogP) is 5.19. The molecule has 0 bridgehead atoms. The number of hydrogen-bond acceptors (Lipinski definition) is 4. The van der Waals surface area contributed by atoms with Crippen molar-refractivity contribution < 1.29 is 23.1 Å². The Labute approximate surface area is 166 Å². The van der Waals surface area contributed by atoms with Gasteiger partial charge in [-0.05, 0) is 24.3 Å². The molecule has 0 saturated carbocycles. The zero-order chi connectivity index (χ0) is 20.2. The molecule has 0 aliphatic rings. The van der Waals surface area contributed by atoms with Crippen molar-refractivity contribution in [1.29, 1.82) is 0 Å². The van der Waals surface area contributed by atoms with Gasteiger partial charge in [-0.15, -0.1) is 0 Å². The van der Waals surface area contributed by atoms with E-state index in [1.54, 1.807) is 30.3 Å². The fraction of sp³-hybridized carbons (Fsp3) is 0.130. The number of rotatable bonds is 6. The van der Waals surface area contributed by atoms with Crippen LogP contribution in [-0.4, -0.2) is 11.9 Å². The van der Waals surface area contributed by atoms with Crippen molar-refractivity contribution in [2.45, 2.75) is 19.4 Å². The number of halogens is 1. The average molecular weight is 391 g/mol. The van der Waals surface area contributed by atoms with E-state index in [9.17, 15) is 14.0 Å². The topological polar surface area (TPSA) is 68.5 Å². The first-order valence-corrected chi connectivity index (χ1v) is 9.20. The van der Waals surface area contributed by atoms with E-state index in [2.05, 4.69) is 5.32 Å². The van der Waals surface area contributed by atoms with Gasteiger partial charge in [0.2, 0.25) is 5.91 Å². The van der Waals surface area contributed by atoms with Crippen LogP contribution in [0.25, 0.3) is 21.9 Å². The van der Waals surface area contributed by atoms with E-state index >= 15 is 0 Å². The fourth-order valence-electron chi connectivity index (χ4n) is 3.09. The molecular weight excluding hydrogens is 373 g/mol. The number of ether oxygens (including phenoxy) is 1. The van der Waals surface area contributed by atoms with Crippen molar-refractivity contribution in [3.8, 4) is 0 Å². The molecule has 5 nitrogen and oxygen atoms in total. The second-order valence-corrected chi connectivity index (χ2v) is 6.61. The monoisotopic (exact) mass is 391 g/mol. The number of fused-ring (bicyclic) bond motifs is 3. The molecule has 0 atom stereocenters. The Hall–Kier alpha value is -3.67. The van der Waals surface area contributed by atoms with Crippen LogP contribution < -0.4 is 5.32 Å². The summed E-state index contributed by atoms with van der Waals surface area (Å²) in [5, 5.41) is 4.73. The Balaban J connectivity index is 1.31. The van der Waals surface area contributed by atoms with Crippen LogP contribution in [-0.2, 0) is 20.9 Å². The van der Waals surface area contributed by atoms with Crippen LogP contribution in [0.5, 0.6) is 0 Å². The summed E-state index contributed by atoms with van der Waals surface area (Å²) in [7, 11) is 0. The second kappa shape index (κ2) is 8.14. The van der Waals surface area contributed by atoms with Gasteiger partial charge in [0.25, 0.3) is 0 Å². The third-order valence-corrected chi connectivity index (χ3v) is 4.57. The van der Waals surface area contributed by atoms with Crippen molar-refractivity contribution in [3.63, 3.8) is 0 Å². The molecule has 0 fully saturated rings. The summed E-state index contributed by atoms with van der Waals surface area (Å²) >= 11 is 0. The zero-order valence-corrected chi connectivity index (χ0v) is 15.5. The van der Waals surface area contributed by atoms with E-state index in [4.69, 9.17) is 9.15 Å². The Kier molecular flexibility index (Phi) is 5.24. The van der Waals surface area contributed by atoms with Gasteiger partial charge < -0.3 is 14.5 Å². The number of para-hydroxylation sites is 1. The number of furan rings is 1. The molecule has 3 aromatic carbocycles. The summed E-state index contributed by atoms with van der Waals surface area (Å²) < 4.78 is 24.3. The summed E-state index contributed by atoms with van der Waals surface area (Å²) in [6.45, 7) is -0.157. The SMILES string of the molecule is O=C(CCC(=O)OCc1ccccc1F)Nc1ccc2c(c1)oc1ccccc12. The first-order valence-electron chi connectivity index (χ1n) is 9.20. The van der Waals surface area contributed by atoms with E-state index in [1.165, 1.54) is 6.07 Å². The van der Waals surface area contributed by atoms with Crippen molar-refractivity contribution in [3.05, 3.63) is 78.1 Å². The van der Waals surface area contributed by atoms with Crippen molar-refractivity contribution in [2.75, 3.05) is 5.32 Å². The summed E-state index contributed by atoms with van der Waals surface area (Å²) in [4.78, 5) is 24.0. The van der Waals surface area contributed by atoms with Crippen LogP contribution in [0.3, 0.4) is 0 Å². The van der Waals surface area contributed by atoms with Crippen molar-refractivity contribution >= 4 is 39.5 Å². The highest BCUT2D eigenvalue weighted by atomic mass is 19.1. The molecule has 0 saturated heterocycles. The molecule has 0 aliphatic heterocycles. The quantitative estimate of drug-likeness (QED) is 0.460. The standard InChI is InChI=1S/C23H18FNO4/c24-19-7-3-1-5-15(19)14-28-23(27)12-11-22(26)25-16-9-10-18-17-6-2-4-8-20(17)29-21(18)13-16/h1-10,13H,11-12,14H2,(H,25,26). The molecule has 4 rings (SSSR count). The predicted molar refractivity (Wildman–Crippen MR) is 108 cm³/mol. The molecular formula is C23H18FNO4. The van der Waals surface area contributed by atoms with E-state index in [1.807, 2.05) is 30.3 Å². The number of esters is 1. The van der Waals surface area contributed by atoms with Crippen LogP contribution in [0.1, 0.15) is 18.4 Å². The minimum Gasteiger partial charge on any atom is -0.461 e. The third kappa shape index (κ3) is 4.27. The highest BCUT2D eigenvalue weighted by Gasteiger charge is 2.12. The van der Waals surface area contributed by atoms with E-state index < -0.39 is 11.8 Å². The summed E-state index contributed by atoms with van der Waals surface area (Å²) in [5.41, 5.74) is 2.34. The Morgan fingerprint density at radius 2 is 1.66 bits per heavy atom. The summed E-state index contributed by atoms with van der Waals surface area (Å²) in [6.07, 6.45) is -0.124. The number of amides is 1. The van der Waals surface area contributed by atoms with Gasteiger partial charge in [-0.3, -0.25) is 9.59 Å². The molecule has 0 aliphatic carbocycles. The van der Waals surface area contributed by atoms with E-state index in [0.717, 1.165) is 16.4 Å². The minimum atomic E-state index is -0.559. The van der Waals surface area contributed by atoms with Gasteiger partial charge in [0.15, 0.2) is 0 Å². The Morgan fingerprint density at radius 3 is 2.52 bits per heavy atom. The third-order valence-electron chi connectivity index (χ3n) is 4.57. The molecule has 0 radical (unpaired) electrons. The lowest BCUT2D eigenvalue weighted by Gasteiger charge is -2.07. The van der Waals surface area contributed by atoms with E-state index in [0.29, 0.717) is 16.8 Å². The highest BCUT2D eigenvalue weighted by molar-refractivity contribution is 6.06. The fourth-order valence-corrected chi connectivity index (χ4v) is 3.09. The first kappa shape index (κ1) is 18.7. The van der Waals surface area contributed by atoms with Crippen LogP contribution in [0.2, 0.25) is 0 Å². The van der Waals surface area contributed by atoms with Gasteiger partial charge in [0.05, 0.1) is 6.42 Å². The number of anilines is 1. The maximum Gasteiger partial charge on any atom is 0.306 e. The van der Waals surface area contributed by atoms with Crippen LogP contribution in [0, 0.1) is 5.82 Å². The van der Waals surface area contributed by atoms with Gasteiger partial charge in [-0.1, -0.05) is 36.4 Å². The maximum atomic E-state index is 13.5. The Bertz CT molecular complexity index is 1200. The molecule has 0 spiro atoms. The van der Waals surface area contributed by atoms with Gasteiger partial charge in [-0.2, -0.15) is 0 Å². The highest BCUT2D eigenvalue weighted by Crippen LogP contribution is 2.30. The van der Waals surface area contributed by atoms with Crippen molar-refractivity contribution in [1.82, 2.24) is 0 Å². The van der Waals surface area contributed by atoms with Crippen LogP contribution in [0.4, 0.5) is 10.1 Å². The number of carbonyl (C=O) groups excluding carboxylic acids is 2. The number of carbonyl (C=O) groups is 2. The molecule has 0 unspecified atom stereocenters. The van der Waals surface area contributed by atoms with Crippen molar-refractivity contribution in [2.24, 2.45) is 0 Å². The minimum absolute atomic E-state index is 0.0335. The van der Waals surface area contributed by atoms with Gasteiger partial charge >= 0.3 is 5.97 Å². The lowest BCUT2D eigenvalue weighted by Crippen LogP contribution is -2.14. The second-order valence-electron chi connectivity index (χ2n) is 6.61. The van der Waals surface area contributed by atoms with Crippen LogP contribution in [0.15, 0.2) is 71.1 Å². The average Bonchev–Trinajstić information content (AvgIpc) is 3.09. The first-order chi connectivity index (χ1) is 14.1. The number of nitrogens with one attached hydrogen (secondary N) is 1. The van der Waals surface area contributed by atoms with Crippen LogP contribution >= 0.6 is 0 Å². The molecule has 1 aromatic heterocycles. The zero-order valence-electron chi connectivity index (χ0n) is 15.5. The molecule has 29 heavy (non-hydrogen) atoms. The molecule has 1 amide bonds. The molecule has 4 aromatic rings. The molecule has 1 heterocycles. The molecule has 1 N–H and O–H groups in total. The van der Waals surface area contributed by atoms with Gasteiger partial charge in [-0.25, -0.2) is 4.39 Å². The smallest absolute Gasteiger partial charge is 0.306 e.